The van der Waals surface area contributed by atoms with Crippen molar-refractivity contribution in [2.75, 3.05) is 18.2 Å². The fourth-order valence-corrected chi connectivity index (χ4v) is 2.81. The van der Waals surface area contributed by atoms with Crippen LogP contribution < -0.4 is 16.0 Å². The van der Waals surface area contributed by atoms with Crippen LogP contribution >= 0.6 is 24.2 Å². The topological polar surface area (TPSA) is 70.2 Å². The summed E-state index contributed by atoms with van der Waals surface area (Å²) in [7, 11) is 0. The number of carbonyl (C=O) groups is 2. The summed E-state index contributed by atoms with van der Waals surface area (Å²) in [5, 5.41) is 8.70. The van der Waals surface area contributed by atoms with E-state index >= 15 is 0 Å². The van der Waals surface area contributed by atoms with E-state index in [0.29, 0.717) is 19.5 Å². The summed E-state index contributed by atoms with van der Waals surface area (Å²) in [4.78, 5) is 23.3. The second kappa shape index (κ2) is 9.65. The first-order valence-electron chi connectivity index (χ1n) is 6.65. The van der Waals surface area contributed by atoms with Crippen molar-refractivity contribution in [2.45, 2.75) is 19.0 Å². The Labute approximate surface area is 135 Å². The molecule has 2 rings (SSSR count). The molecule has 0 bridgehead atoms. The van der Waals surface area contributed by atoms with Crippen LogP contribution in [0.5, 0.6) is 0 Å². The Hall–Kier alpha value is -1.24. The van der Waals surface area contributed by atoms with Crippen molar-refractivity contribution < 1.29 is 9.59 Å². The number of hydrogen-bond donors (Lipinski definition) is 3. The van der Waals surface area contributed by atoms with E-state index in [2.05, 4.69) is 16.0 Å². The number of carbonyl (C=O) groups excluding carboxylic acids is 2. The fraction of sp³-hybridized carbons (Fsp3) is 0.429. The molecule has 0 aliphatic carbocycles. The monoisotopic (exact) mass is 329 g/mol. The predicted octanol–water partition coefficient (Wildman–Crippen LogP) is 0.893. The molecule has 21 heavy (non-hydrogen) atoms. The van der Waals surface area contributed by atoms with Crippen LogP contribution in [0.2, 0.25) is 0 Å². The van der Waals surface area contributed by atoms with Crippen LogP contribution in [0.25, 0.3) is 0 Å². The second-order valence-electron chi connectivity index (χ2n) is 4.58. The van der Waals surface area contributed by atoms with Gasteiger partial charge in [0.2, 0.25) is 11.8 Å². The Morgan fingerprint density at radius 3 is 2.67 bits per heavy atom. The fourth-order valence-electron chi connectivity index (χ4n) is 1.87. The lowest BCUT2D eigenvalue weighted by molar-refractivity contribution is -0.123. The third-order valence-corrected chi connectivity index (χ3v) is 3.96. The molecule has 1 saturated heterocycles. The molecule has 1 heterocycles. The summed E-state index contributed by atoms with van der Waals surface area (Å²) in [6.07, 6.45) is 0.304. The van der Waals surface area contributed by atoms with E-state index in [0.717, 1.165) is 17.2 Å². The van der Waals surface area contributed by atoms with Gasteiger partial charge in [0.15, 0.2) is 0 Å². The number of halogens is 1. The minimum atomic E-state index is -0.118. The molecule has 7 heteroatoms. The van der Waals surface area contributed by atoms with Crippen LogP contribution in [-0.2, 0) is 16.1 Å². The van der Waals surface area contributed by atoms with E-state index in [4.69, 9.17) is 0 Å². The van der Waals surface area contributed by atoms with Gasteiger partial charge in [0, 0.05) is 31.1 Å². The molecule has 0 radical (unpaired) electrons. The third kappa shape index (κ3) is 6.37. The molecule has 3 N–H and O–H groups in total. The van der Waals surface area contributed by atoms with Gasteiger partial charge in [0.25, 0.3) is 0 Å². The number of amides is 2. The third-order valence-electron chi connectivity index (χ3n) is 3.02. The Morgan fingerprint density at radius 2 is 2.00 bits per heavy atom. The van der Waals surface area contributed by atoms with Gasteiger partial charge in [-0.25, -0.2) is 0 Å². The number of benzene rings is 1. The smallest absolute Gasteiger partial charge is 0.238 e. The minimum absolute atomic E-state index is 0. The van der Waals surface area contributed by atoms with Crippen molar-refractivity contribution >= 4 is 36.0 Å². The average Bonchev–Trinajstić information content (AvgIpc) is 3.00. The lowest BCUT2D eigenvalue weighted by Crippen LogP contribution is -2.43. The lowest BCUT2D eigenvalue weighted by Gasteiger charge is -2.10. The highest BCUT2D eigenvalue weighted by Crippen LogP contribution is 2.09. The maximum absolute atomic E-state index is 11.7. The highest BCUT2D eigenvalue weighted by atomic mass is 35.5. The van der Waals surface area contributed by atoms with Crippen molar-refractivity contribution in [3.05, 3.63) is 35.9 Å². The Bertz CT molecular complexity index is 453. The van der Waals surface area contributed by atoms with Crippen molar-refractivity contribution in [3.63, 3.8) is 0 Å². The highest BCUT2D eigenvalue weighted by molar-refractivity contribution is 7.99. The standard InChI is InChI=1S/C14H19N3O2S.ClH/c18-13(16-8-11-4-2-1-3-5-11)6-7-15-14(19)12-9-20-10-17-12;/h1-5,12,17H,6-10H2,(H,15,19)(H,16,18);1H. The molecule has 0 saturated carbocycles. The zero-order chi connectivity index (χ0) is 14.2. The van der Waals surface area contributed by atoms with E-state index in [-0.39, 0.29) is 30.3 Å². The van der Waals surface area contributed by atoms with Crippen molar-refractivity contribution in [2.24, 2.45) is 0 Å². The second-order valence-corrected chi connectivity index (χ2v) is 5.61. The number of thioether (sulfide) groups is 1. The number of hydrogen-bond acceptors (Lipinski definition) is 4. The summed E-state index contributed by atoms with van der Waals surface area (Å²) in [6.45, 7) is 0.900. The molecular weight excluding hydrogens is 310 g/mol. The van der Waals surface area contributed by atoms with E-state index in [1.54, 1.807) is 11.8 Å². The van der Waals surface area contributed by atoms with Crippen LogP contribution in [0.3, 0.4) is 0 Å². The van der Waals surface area contributed by atoms with Crippen molar-refractivity contribution in [3.8, 4) is 0 Å². The van der Waals surface area contributed by atoms with Crippen LogP contribution in [0.1, 0.15) is 12.0 Å². The lowest BCUT2D eigenvalue weighted by atomic mass is 10.2. The first kappa shape index (κ1) is 17.8. The van der Waals surface area contributed by atoms with Crippen LogP contribution in [0.15, 0.2) is 30.3 Å². The van der Waals surface area contributed by atoms with Gasteiger partial charge in [-0.15, -0.1) is 24.2 Å². The molecule has 1 aromatic carbocycles. The SMILES string of the molecule is Cl.O=C(CCNC(=O)C1CSCN1)NCc1ccccc1. The largest absolute Gasteiger partial charge is 0.354 e. The zero-order valence-electron chi connectivity index (χ0n) is 11.6. The van der Waals surface area contributed by atoms with Crippen LogP contribution in [0, 0.1) is 0 Å². The Morgan fingerprint density at radius 1 is 1.24 bits per heavy atom. The summed E-state index contributed by atoms with van der Waals surface area (Å²) in [5.74, 6) is 1.54. The quantitative estimate of drug-likeness (QED) is 0.725. The first-order valence-corrected chi connectivity index (χ1v) is 7.80. The number of nitrogens with one attached hydrogen (secondary N) is 3. The van der Waals surface area contributed by atoms with Gasteiger partial charge in [-0.1, -0.05) is 30.3 Å². The van der Waals surface area contributed by atoms with Gasteiger partial charge in [0.1, 0.15) is 0 Å². The predicted molar refractivity (Wildman–Crippen MR) is 87.4 cm³/mol. The molecule has 1 aromatic rings. The van der Waals surface area contributed by atoms with Crippen LogP contribution in [0.4, 0.5) is 0 Å². The number of rotatable bonds is 6. The summed E-state index contributed by atoms with van der Waals surface area (Å²) >= 11 is 1.70. The van der Waals surface area contributed by atoms with Gasteiger partial charge >= 0.3 is 0 Å². The van der Waals surface area contributed by atoms with Gasteiger partial charge in [-0.05, 0) is 5.56 Å². The van der Waals surface area contributed by atoms with Crippen molar-refractivity contribution in [1.29, 1.82) is 0 Å². The minimum Gasteiger partial charge on any atom is -0.354 e. The molecule has 1 atom stereocenters. The van der Waals surface area contributed by atoms with Gasteiger partial charge < -0.3 is 10.6 Å². The average molecular weight is 330 g/mol. The molecule has 0 aromatic heterocycles. The molecule has 0 spiro atoms. The maximum atomic E-state index is 11.7. The molecule has 1 fully saturated rings. The van der Waals surface area contributed by atoms with E-state index in [9.17, 15) is 9.59 Å². The maximum Gasteiger partial charge on any atom is 0.238 e. The zero-order valence-corrected chi connectivity index (χ0v) is 13.3. The summed E-state index contributed by atoms with van der Waals surface area (Å²) in [5.41, 5.74) is 1.07. The molecule has 5 nitrogen and oxygen atoms in total. The normalized spacial score (nSPS) is 16.9. The highest BCUT2D eigenvalue weighted by Gasteiger charge is 2.21. The van der Waals surface area contributed by atoms with E-state index in [1.165, 1.54) is 0 Å². The first-order chi connectivity index (χ1) is 9.75. The molecule has 1 unspecified atom stereocenters. The van der Waals surface area contributed by atoms with Crippen molar-refractivity contribution in [1.82, 2.24) is 16.0 Å². The molecule has 1 aliphatic heterocycles. The Kier molecular flexibility index (Phi) is 8.19. The van der Waals surface area contributed by atoms with Gasteiger partial charge in [-0.2, -0.15) is 0 Å². The molecular formula is C14H20ClN3O2S. The van der Waals surface area contributed by atoms with Gasteiger partial charge in [0.05, 0.1) is 6.04 Å². The molecule has 2 amide bonds. The Balaban J connectivity index is 0.00000220. The summed E-state index contributed by atoms with van der Waals surface area (Å²) in [6, 6.07) is 9.63. The van der Waals surface area contributed by atoms with Crippen LogP contribution in [-0.4, -0.2) is 36.0 Å². The van der Waals surface area contributed by atoms with E-state index < -0.39 is 0 Å². The van der Waals surface area contributed by atoms with E-state index in [1.807, 2.05) is 30.3 Å². The molecule has 116 valence electrons. The van der Waals surface area contributed by atoms with Gasteiger partial charge in [-0.3, -0.25) is 14.9 Å². The molecule has 1 aliphatic rings. The summed E-state index contributed by atoms with van der Waals surface area (Å²) < 4.78 is 0.